The monoisotopic (exact) mass is 478 g/mol. The fraction of sp³-hybridized carbons (Fsp3) is 0.125. The lowest BCUT2D eigenvalue weighted by molar-refractivity contribution is -0.384. The molecule has 3 rings (SSSR count). The molecule has 0 fully saturated rings. The van der Waals surface area contributed by atoms with Crippen molar-refractivity contribution >= 4 is 33.3 Å². The number of ether oxygens (including phenoxy) is 2. The SMILES string of the molecule is CCOc1cc(C=C(C#N)c2cccc([N+](=O)[O-])c2)cc(Br)c1OCc1ccccc1. The zero-order chi connectivity index (χ0) is 22.2. The van der Waals surface area contributed by atoms with Crippen LogP contribution in [0.5, 0.6) is 11.5 Å². The highest BCUT2D eigenvalue weighted by Crippen LogP contribution is 2.38. The van der Waals surface area contributed by atoms with E-state index in [9.17, 15) is 15.4 Å². The van der Waals surface area contributed by atoms with E-state index in [0.717, 1.165) is 5.56 Å². The third kappa shape index (κ3) is 5.71. The second-order valence-corrected chi connectivity index (χ2v) is 7.37. The van der Waals surface area contributed by atoms with Crippen molar-refractivity contribution in [3.05, 3.63) is 98.0 Å². The molecule has 0 aliphatic heterocycles. The molecule has 0 heterocycles. The number of hydrogen-bond acceptors (Lipinski definition) is 5. The maximum absolute atomic E-state index is 11.1. The number of rotatable bonds is 8. The third-order valence-corrected chi connectivity index (χ3v) is 4.95. The molecule has 31 heavy (non-hydrogen) atoms. The minimum Gasteiger partial charge on any atom is -0.490 e. The molecule has 3 aromatic rings. The van der Waals surface area contributed by atoms with Crippen LogP contribution >= 0.6 is 15.9 Å². The molecule has 0 saturated heterocycles. The predicted octanol–water partition coefficient (Wildman–Crippen LogP) is 6.40. The van der Waals surface area contributed by atoms with E-state index in [0.29, 0.717) is 45.9 Å². The predicted molar refractivity (Wildman–Crippen MR) is 123 cm³/mol. The molecule has 0 radical (unpaired) electrons. The number of nitrogens with zero attached hydrogens (tertiary/aromatic N) is 2. The Bertz CT molecular complexity index is 1150. The van der Waals surface area contributed by atoms with Crippen LogP contribution in [-0.2, 0) is 6.61 Å². The molecule has 156 valence electrons. The van der Waals surface area contributed by atoms with Crippen molar-refractivity contribution in [3.8, 4) is 17.6 Å². The fourth-order valence-corrected chi connectivity index (χ4v) is 3.51. The highest BCUT2D eigenvalue weighted by atomic mass is 79.9. The second kappa shape index (κ2) is 10.4. The summed E-state index contributed by atoms with van der Waals surface area (Å²) >= 11 is 3.53. The fourth-order valence-electron chi connectivity index (χ4n) is 2.94. The van der Waals surface area contributed by atoms with Crippen molar-refractivity contribution < 1.29 is 14.4 Å². The van der Waals surface area contributed by atoms with Gasteiger partial charge in [-0.2, -0.15) is 5.26 Å². The Labute approximate surface area is 188 Å². The maximum Gasteiger partial charge on any atom is 0.270 e. The van der Waals surface area contributed by atoms with Crippen molar-refractivity contribution in [2.45, 2.75) is 13.5 Å². The summed E-state index contributed by atoms with van der Waals surface area (Å²) in [5.41, 5.74) is 2.43. The van der Waals surface area contributed by atoms with Gasteiger partial charge in [-0.25, -0.2) is 0 Å². The molecule has 0 amide bonds. The van der Waals surface area contributed by atoms with Crippen LogP contribution < -0.4 is 9.47 Å². The van der Waals surface area contributed by atoms with E-state index in [1.807, 2.05) is 43.3 Å². The van der Waals surface area contributed by atoms with E-state index in [4.69, 9.17) is 9.47 Å². The Morgan fingerprint density at radius 2 is 1.90 bits per heavy atom. The Morgan fingerprint density at radius 3 is 2.58 bits per heavy atom. The molecule has 0 aliphatic carbocycles. The van der Waals surface area contributed by atoms with Gasteiger partial charge in [0.25, 0.3) is 5.69 Å². The first-order valence-corrected chi connectivity index (χ1v) is 10.3. The van der Waals surface area contributed by atoms with Gasteiger partial charge in [-0.05, 0) is 57.8 Å². The highest BCUT2D eigenvalue weighted by molar-refractivity contribution is 9.10. The van der Waals surface area contributed by atoms with Crippen molar-refractivity contribution in [1.82, 2.24) is 0 Å². The number of nitriles is 1. The molecular weight excluding hydrogens is 460 g/mol. The van der Waals surface area contributed by atoms with E-state index in [-0.39, 0.29) is 5.69 Å². The van der Waals surface area contributed by atoms with Gasteiger partial charge >= 0.3 is 0 Å². The summed E-state index contributed by atoms with van der Waals surface area (Å²) in [5, 5.41) is 20.7. The molecule has 7 heteroatoms. The van der Waals surface area contributed by atoms with Gasteiger partial charge in [-0.3, -0.25) is 10.1 Å². The van der Waals surface area contributed by atoms with Gasteiger partial charge in [0.05, 0.1) is 27.6 Å². The number of nitro groups is 1. The molecule has 0 aliphatic rings. The summed E-state index contributed by atoms with van der Waals surface area (Å²) in [6.45, 7) is 2.70. The lowest BCUT2D eigenvalue weighted by atomic mass is 10.0. The standard InChI is InChI=1S/C24H19BrN2O4/c1-2-30-23-13-18(11-20(15-26)19-9-6-10-21(14-19)27(28)29)12-22(25)24(23)31-16-17-7-4-3-5-8-17/h3-14H,2,16H2,1H3. The van der Waals surface area contributed by atoms with Crippen molar-refractivity contribution in [2.75, 3.05) is 6.61 Å². The number of nitro benzene ring substituents is 1. The van der Waals surface area contributed by atoms with Crippen molar-refractivity contribution in [1.29, 1.82) is 5.26 Å². The number of non-ortho nitro benzene ring substituents is 1. The second-order valence-electron chi connectivity index (χ2n) is 6.51. The Balaban J connectivity index is 1.94. The van der Waals surface area contributed by atoms with Gasteiger partial charge in [0.15, 0.2) is 11.5 Å². The van der Waals surface area contributed by atoms with E-state index >= 15 is 0 Å². The minimum absolute atomic E-state index is 0.0699. The Morgan fingerprint density at radius 1 is 1.13 bits per heavy atom. The summed E-state index contributed by atoms with van der Waals surface area (Å²) < 4.78 is 12.4. The molecule has 0 N–H and O–H groups in total. The Hall–Kier alpha value is -3.63. The highest BCUT2D eigenvalue weighted by Gasteiger charge is 2.14. The van der Waals surface area contributed by atoms with E-state index < -0.39 is 4.92 Å². The van der Waals surface area contributed by atoms with Crippen LogP contribution in [0.1, 0.15) is 23.6 Å². The number of halogens is 1. The molecule has 3 aromatic carbocycles. The summed E-state index contributed by atoms with van der Waals surface area (Å²) in [7, 11) is 0. The molecule has 0 bridgehead atoms. The summed E-state index contributed by atoms with van der Waals surface area (Å²) in [6.07, 6.45) is 1.66. The minimum atomic E-state index is -0.485. The van der Waals surface area contributed by atoms with E-state index in [1.54, 1.807) is 24.3 Å². The zero-order valence-electron chi connectivity index (χ0n) is 16.7. The van der Waals surface area contributed by atoms with Gasteiger partial charge in [0, 0.05) is 12.1 Å². The van der Waals surface area contributed by atoms with Crippen LogP contribution in [-0.4, -0.2) is 11.5 Å². The summed E-state index contributed by atoms with van der Waals surface area (Å²) in [6, 6.07) is 21.5. The number of benzene rings is 3. The van der Waals surface area contributed by atoms with Crippen molar-refractivity contribution in [3.63, 3.8) is 0 Å². The largest absolute Gasteiger partial charge is 0.490 e. The van der Waals surface area contributed by atoms with Crippen LogP contribution in [0.2, 0.25) is 0 Å². The van der Waals surface area contributed by atoms with Gasteiger partial charge in [0.1, 0.15) is 6.61 Å². The average Bonchev–Trinajstić information content (AvgIpc) is 2.78. The molecule has 0 saturated carbocycles. The first-order chi connectivity index (χ1) is 15.0. The van der Waals surface area contributed by atoms with Crippen LogP contribution in [0.25, 0.3) is 11.6 Å². The van der Waals surface area contributed by atoms with Gasteiger partial charge in [-0.1, -0.05) is 42.5 Å². The van der Waals surface area contributed by atoms with E-state index in [2.05, 4.69) is 22.0 Å². The summed E-state index contributed by atoms with van der Waals surface area (Å²) in [4.78, 5) is 10.6. The smallest absolute Gasteiger partial charge is 0.270 e. The topological polar surface area (TPSA) is 85.4 Å². The number of hydrogen-bond donors (Lipinski definition) is 0. The molecule has 0 unspecified atom stereocenters. The van der Waals surface area contributed by atoms with Crippen LogP contribution in [0, 0.1) is 21.4 Å². The Kier molecular flexibility index (Phi) is 7.41. The van der Waals surface area contributed by atoms with Crippen LogP contribution in [0.3, 0.4) is 0 Å². The van der Waals surface area contributed by atoms with Gasteiger partial charge < -0.3 is 9.47 Å². The zero-order valence-corrected chi connectivity index (χ0v) is 18.3. The van der Waals surface area contributed by atoms with Crippen molar-refractivity contribution in [2.24, 2.45) is 0 Å². The van der Waals surface area contributed by atoms with Crippen LogP contribution in [0.15, 0.2) is 71.2 Å². The summed E-state index contributed by atoms with van der Waals surface area (Å²) in [5.74, 6) is 1.10. The molecule has 0 atom stereocenters. The van der Waals surface area contributed by atoms with Crippen LogP contribution in [0.4, 0.5) is 5.69 Å². The van der Waals surface area contributed by atoms with Gasteiger partial charge in [-0.15, -0.1) is 0 Å². The van der Waals surface area contributed by atoms with Gasteiger partial charge in [0.2, 0.25) is 0 Å². The first kappa shape index (κ1) is 22.1. The average molecular weight is 479 g/mol. The first-order valence-electron chi connectivity index (χ1n) is 9.51. The third-order valence-electron chi connectivity index (χ3n) is 4.36. The number of allylic oxidation sites excluding steroid dienone is 1. The molecule has 0 aromatic heterocycles. The lowest BCUT2D eigenvalue weighted by Crippen LogP contribution is -2.01. The molecule has 0 spiro atoms. The maximum atomic E-state index is 11.1. The molecular formula is C24H19BrN2O4. The molecule has 6 nitrogen and oxygen atoms in total. The van der Waals surface area contributed by atoms with E-state index in [1.165, 1.54) is 12.1 Å². The normalized spacial score (nSPS) is 10.9. The lowest BCUT2D eigenvalue weighted by Gasteiger charge is -2.15. The quantitative estimate of drug-likeness (QED) is 0.162.